The second-order valence-corrected chi connectivity index (χ2v) is 5.40. The maximum atomic E-state index is 12.5. The van der Waals surface area contributed by atoms with E-state index >= 15 is 0 Å². The van der Waals surface area contributed by atoms with Crippen LogP contribution in [0.3, 0.4) is 0 Å². The van der Waals surface area contributed by atoms with Gasteiger partial charge in [-0.15, -0.1) is 0 Å². The molecule has 3 N–H and O–H groups in total. The summed E-state index contributed by atoms with van der Waals surface area (Å²) in [6, 6.07) is -0.753. The Labute approximate surface area is 124 Å². The molecule has 0 bridgehead atoms. The molecule has 126 valence electrons. The minimum absolute atomic E-state index is 0.303. The van der Waals surface area contributed by atoms with Crippen molar-refractivity contribution in [2.75, 3.05) is 13.1 Å². The summed E-state index contributed by atoms with van der Waals surface area (Å²) in [5.41, 5.74) is 2.47. The summed E-state index contributed by atoms with van der Waals surface area (Å²) >= 11 is 0. The van der Waals surface area contributed by atoms with E-state index in [0.717, 1.165) is 0 Å². The van der Waals surface area contributed by atoms with Crippen molar-refractivity contribution >= 4 is 17.9 Å². The van der Waals surface area contributed by atoms with Crippen LogP contribution in [-0.2, 0) is 14.3 Å². The lowest BCUT2D eigenvalue weighted by molar-refractivity contribution is -0.243. The van der Waals surface area contributed by atoms with E-state index in [-0.39, 0.29) is 0 Å². The fraction of sp³-hybridized carbons (Fsp3) is 0.750. The van der Waals surface area contributed by atoms with E-state index in [0.29, 0.717) is 33.2 Å². The summed E-state index contributed by atoms with van der Waals surface area (Å²) < 4.78 is 41.9. The Bertz CT molecular complexity index is 465. The molecule has 1 atom stereocenters. The zero-order valence-corrected chi connectivity index (χ0v) is 12.2. The Balaban J connectivity index is 2.51. The van der Waals surface area contributed by atoms with Gasteiger partial charge >= 0.3 is 12.3 Å². The molecule has 1 unspecified atom stereocenters. The molecule has 1 aliphatic heterocycles. The van der Waals surface area contributed by atoms with Crippen LogP contribution in [-0.4, -0.2) is 53.7 Å². The van der Waals surface area contributed by atoms with Gasteiger partial charge in [0.15, 0.2) is 0 Å². The predicted octanol–water partition coefficient (Wildman–Crippen LogP) is 0.530. The number of hydrogen-bond donors (Lipinski definition) is 2. The number of carbonyl (C=O) groups excluding carboxylic acids is 3. The number of hydrogen-bond acceptors (Lipinski definition) is 4. The molecule has 10 heteroatoms. The molecule has 22 heavy (non-hydrogen) atoms. The van der Waals surface area contributed by atoms with Crippen LogP contribution in [0, 0.1) is 0 Å². The van der Waals surface area contributed by atoms with Gasteiger partial charge in [0, 0.05) is 6.54 Å². The summed E-state index contributed by atoms with van der Waals surface area (Å²) in [6.07, 6.45) is -5.09. The molecule has 3 amide bonds. The predicted molar refractivity (Wildman–Crippen MR) is 68.5 cm³/mol. The third-order valence-electron chi connectivity index (χ3n) is 3.32. The third kappa shape index (κ3) is 4.25. The summed E-state index contributed by atoms with van der Waals surface area (Å²) in [7, 11) is 0. The van der Waals surface area contributed by atoms with Gasteiger partial charge in [0.2, 0.25) is 17.4 Å². The molecule has 1 saturated heterocycles. The second-order valence-electron chi connectivity index (χ2n) is 5.40. The van der Waals surface area contributed by atoms with Gasteiger partial charge in [-0.1, -0.05) is 0 Å². The zero-order chi connectivity index (χ0) is 17.1. The van der Waals surface area contributed by atoms with Crippen LogP contribution in [0.2, 0.25) is 0 Å². The van der Waals surface area contributed by atoms with Crippen molar-refractivity contribution in [2.24, 2.45) is 5.73 Å². The van der Waals surface area contributed by atoms with Gasteiger partial charge in [-0.2, -0.15) is 13.2 Å². The van der Waals surface area contributed by atoms with Crippen LogP contribution in [0.4, 0.5) is 18.0 Å². The Morgan fingerprint density at radius 3 is 2.41 bits per heavy atom. The van der Waals surface area contributed by atoms with Crippen molar-refractivity contribution in [2.45, 2.75) is 44.5 Å². The quantitative estimate of drug-likeness (QED) is 0.787. The minimum Gasteiger partial charge on any atom is -0.434 e. The number of nitrogens with two attached hydrogens (primary N) is 1. The molecule has 0 aliphatic carbocycles. The van der Waals surface area contributed by atoms with Crippen molar-refractivity contribution in [1.29, 1.82) is 0 Å². The van der Waals surface area contributed by atoms with Gasteiger partial charge in [-0.05, 0) is 26.7 Å². The highest BCUT2D eigenvalue weighted by atomic mass is 19.4. The molecule has 1 rings (SSSR count). The number of amides is 3. The number of likely N-dealkylation sites (tertiary alicyclic amines) is 1. The number of nitrogens with zero attached hydrogens (tertiary/aromatic N) is 1. The maximum Gasteiger partial charge on any atom is 0.427 e. The molecule has 0 aromatic rings. The first-order chi connectivity index (χ1) is 9.95. The molecule has 7 nitrogen and oxygen atoms in total. The summed E-state index contributed by atoms with van der Waals surface area (Å²) in [4.78, 5) is 35.5. The van der Waals surface area contributed by atoms with E-state index in [9.17, 15) is 27.6 Å². The Morgan fingerprint density at radius 2 is 1.91 bits per heavy atom. The van der Waals surface area contributed by atoms with Gasteiger partial charge in [-0.25, -0.2) is 4.79 Å². The number of nitrogens with one attached hydrogen (secondary N) is 1. The van der Waals surface area contributed by atoms with Crippen LogP contribution in [0.5, 0.6) is 0 Å². The molecule has 0 aromatic carbocycles. The normalized spacial score (nSPS) is 19.0. The lowest BCUT2D eigenvalue weighted by Crippen LogP contribution is -2.49. The van der Waals surface area contributed by atoms with Crippen LogP contribution in [0.1, 0.15) is 26.7 Å². The van der Waals surface area contributed by atoms with Crippen LogP contribution in [0.15, 0.2) is 0 Å². The number of halogens is 3. The standard InChI is InChI=1S/C12H18F3N3O4/c1-11(2,12(13,14)15)22-10(21)17-6-8(19)18-5-3-4-7(18)9(16)20/h7H,3-6H2,1-2H3,(H2,16,20)(H,17,21). The number of ether oxygens (including phenoxy) is 1. The van der Waals surface area contributed by atoms with Gasteiger partial charge in [0.1, 0.15) is 12.6 Å². The molecular formula is C12H18F3N3O4. The average molecular weight is 325 g/mol. The molecule has 0 spiro atoms. The number of alkyl carbamates (subject to hydrolysis) is 1. The highest BCUT2D eigenvalue weighted by Crippen LogP contribution is 2.32. The minimum atomic E-state index is -4.74. The molecule has 1 aliphatic rings. The first kappa shape index (κ1) is 18.1. The maximum absolute atomic E-state index is 12.5. The molecule has 0 aromatic heterocycles. The largest absolute Gasteiger partial charge is 0.434 e. The summed E-state index contributed by atoms with van der Waals surface area (Å²) in [5.74, 6) is -1.27. The van der Waals surface area contributed by atoms with Crippen LogP contribution in [0.25, 0.3) is 0 Å². The van der Waals surface area contributed by atoms with Crippen LogP contribution < -0.4 is 11.1 Å². The van der Waals surface area contributed by atoms with E-state index in [4.69, 9.17) is 5.73 Å². The third-order valence-corrected chi connectivity index (χ3v) is 3.32. The first-order valence-electron chi connectivity index (χ1n) is 6.58. The summed E-state index contributed by atoms with van der Waals surface area (Å²) in [5, 5.41) is 1.94. The van der Waals surface area contributed by atoms with E-state index in [2.05, 4.69) is 4.74 Å². The van der Waals surface area contributed by atoms with E-state index in [1.54, 1.807) is 0 Å². The van der Waals surface area contributed by atoms with Gasteiger partial charge < -0.3 is 20.7 Å². The van der Waals surface area contributed by atoms with Gasteiger partial charge in [0.25, 0.3) is 0 Å². The van der Waals surface area contributed by atoms with Crippen LogP contribution >= 0.6 is 0 Å². The Hall–Kier alpha value is -2.00. The fourth-order valence-corrected chi connectivity index (χ4v) is 1.94. The van der Waals surface area contributed by atoms with Crippen molar-refractivity contribution in [3.05, 3.63) is 0 Å². The number of rotatable bonds is 4. The first-order valence-corrected chi connectivity index (χ1v) is 6.58. The topological polar surface area (TPSA) is 102 Å². The van der Waals surface area contributed by atoms with Crippen molar-refractivity contribution in [3.8, 4) is 0 Å². The molecule has 0 radical (unpaired) electrons. The Morgan fingerprint density at radius 1 is 1.32 bits per heavy atom. The van der Waals surface area contributed by atoms with E-state index in [1.165, 1.54) is 4.90 Å². The highest BCUT2D eigenvalue weighted by molar-refractivity contribution is 5.89. The second kappa shape index (κ2) is 6.41. The van der Waals surface area contributed by atoms with Gasteiger partial charge in [0.05, 0.1) is 0 Å². The molecule has 1 heterocycles. The lowest BCUT2D eigenvalue weighted by atomic mass is 10.1. The summed E-state index contributed by atoms with van der Waals surface area (Å²) in [6.45, 7) is 1.11. The van der Waals surface area contributed by atoms with E-state index in [1.807, 2.05) is 5.32 Å². The Kier molecular flexibility index (Phi) is 5.26. The lowest BCUT2D eigenvalue weighted by Gasteiger charge is -2.28. The SMILES string of the molecule is CC(C)(OC(=O)NCC(=O)N1CCCC1C(N)=O)C(F)(F)F. The number of carbonyl (C=O) groups is 3. The van der Waals surface area contributed by atoms with Crippen molar-refractivity contribution < 1.29 is 32.3 Å². The van der Waals surface area contributed by atoms with Crippen molar-refractivity contribution in [3.63, 3.8) is 0 Å². The smallest absolute Gasteiger partial charge is 0.427 e. The van der Waals surface area contributed by atoms with E-state index < -0.39 is 42.3 Å². The fourth-order valence-electron chi connectivity index (χ4n) is 1.94. The average Bonchev–Trinajstić information content (AvgIpc) is 2.83. The molecule has 0 saturated carbocycles. The van der Waals surface area contributed by atoms with Gasteiger partial charge in [-0.3, -0.25) is 9.59 Å². The molecular weight excluding hydrogens is 307 g/mol. The monoisotopic (exact) mass is 325 g/mol. The molecule has 1 fully saturated rings. The number of alkyl halides is 3. The zero-order valence-electron chi connectivity index (χ0n) is 12.2. The van der Waals surface area contributed by atoms with Crippen molar-refractivity contribution in [1.82, 2.24) is 10.2 Å². The highest BCUT2D eigenvalue weighted by Gasteiger charge is 2.51. The number of primary amides is 1.